The fourth-order valence-electron chi connectivity index (χ4n) is 2.80. The van der Waals surface area contributed by atoms with Crippen molar-refractivity contribution in [3.63, 3.8) is 0 Å². The van der Waals surface area contributed by atoms with Gasteiger partial charge in [0.1, 0.15) is 5.75 Å². The standard InChI is InChI=1S/C22H19NO4/c1-14(25)17-7-5-8-18(12-17)23-22(26)15(2)27-21-11-10-16-6-3-4-9-19(16)20(21)13-24/h3-13,15H,1-2H3,(H,23,26)/t15-/m0/s1. The minimum Gasteiger partial charge on any atom is -0.480 e. The van der Waals surface area contributed by atoms with Crippen molar-refractivity contribution >= 4 is 34.4 Å². The van der Waals surface area contributed by atoms with Gasteiger partial charge in [-0.1, -0.05) is 42.5 Å². The summed E-state index contributed by atoms with van der Waals surface area (Å²) in [6.45, 7) is 3.07. The Bertz CT molecular complexity index is 1030. The number of fused-ring (bicyclic) bond motifs is 1. The Morgan fingerprint density at radius 1 is 1.04 bits per heavy atom. The number of anilines is 1. The largest absolute Gasteiger partial charge is 0.480 e. The summed E-state index contributed by atoms with van der Waals surface area (Å²) in [6.07, 6.45) is -0.0932. The number of benzene rings is 3. The Hall–Kier alpha value is -3.47. The minimum atomic E-state index is -0.828. The van der Waals surface area contributed by atoms with E-state index >= 15 is 0 Å². The summed E-state index contributed by atoms with van der Waals surface area (Å²) in [4.78, 5) is 35.5. The highest BCUT2D eigenvalue weighted by molar-refractivity contribution is 6.01. The Balaban J connectivity index is 1.79. The number of amides is 1. The number of ketones is 1. The van der Waals surface area contributed by atoms with E-state index in [-0.39, 0.29) is 11.7 Å². The van der Waals surface area contributed by atoms with Crippen LogP contribution in [0.3, 0.4) is 0 Å². The van der Waals surface area contributed by atoms with E-state index in [2.05, 4.69) is 5.32 Å². The maximum absolute atomic E-state index is 12.5. The van der Waals surface area contributed by atoms with Crippen LogP contribution in [-0.2, 0) is 4.79 Å². The van der Waals surface area contributed by atoms with Crippen molar-refractivity contribution in [1.29, 1.82) is 0 Å². The number of nitrogens with one attached hydrogen (secondary N) is 1. The third-order valence-corrected chi connectivity index (χ3v) is 4.26. The van der Waals surface area contributed by atoms with Gasteiger partial charge in [0.2, 0.25) is 0 Å². The highest BCUT2D eigenvalue weighted by atomic mass is 16.5. The van der Waals surface area contributed by atoms with Gasteiger partial charge >= 0.3 is 0 Å². The van der Waals surface area contributed by atoms with Crippen molar-refractivity contribution in [2.45, 2.75) is 20.0 Å². The van der Waals surface area contributed by atoms with Crippen LogP contribution in [0.2, 0.25) is 0 Å². The molecule has 1 amide bonds. The fourth-order valence-corrected chi connectivity index (χ4v) is 2.80. The van der Waals surface area contributed by atoms with Crippen molar-refractivity contribution in [3.8, 4) is 5.75 Å². The molecular weight excluding hydrogens is 342 g/mol. The molecule has 0 aliphatic carbocycles. The molecule has 3 aromatic carbocycles. The van der Waals surface area contributed by atoms with Gasteiger partial charge in [-0.2, -0.15) is 0 Å². The lowest BCUT2D eigenvalue weighted by molar-refractivity contribution is -0.122. The summed E-state index contributed by atoms with van der Waals surface area (Å²) in [5.41, 5.74) is 1.43. The van der Waals surface area contributed by atoms with E-state index < -0.39 is 6.10 Å². The van der Waals surface area contributed by atoms with Gasteiger partial charge in [0.15, 0.2) is 18.2 Å². The molecule has 3 aromatic rings. The molecule has 1 N–H and O–H groups in total. The Kier molecular flexibility index (Phi) is 5.31. The summed E-state index contributed by atoms with van der Waals surface area (Å²) < 4.78 is 5.75. The monoisotopic (exact) mass is 361 g/mol. The van der Waals surface area contributed by atoms with Crippen molar-refractivity contribution in [3.05, 3.63) is 71.8 Å². The quantitative estimate of drug-likeness (QED) is 0.526. The van der Waals surface area contributed by atoms with E-state index in [1.165, 1.54) is 6.92 Å². The van der Waals surface area contributed by atoms with Gasteiger partial charge in [-0.15, -0.1) is 0 Å². The molecule has 0 unspecified atom stereocenters. The van der Waals surface area contributed by atoms with Gasteiger partial charge in [-0.25, -0.2) is 0 Å². The first-order valence-corrected chi connectivity index (χ1v) is 8.55. The van der Waals surface area contributed by atoms with Gasteiger partial charge in [0.05, 0.1) is 5.56 Å². The Labute approximate surface area is 157 Å². The molecule has 5 heteroatoms. The molecule has 27 heavy (non-hydrogen) atoms. The normalized spacial score (nSPS) is 11.6. The second kappa shape index (κ2) is 7.83. The fraction of sp³-hybridized carbons (Fsp3) is 0.136. The van der Waals surface area contributed by atoms with Gasteiger partial charge in [-0.3, -0.25) is 14.4 Å². The number of rotatable bonds is 6. The minimum absolute atomic E-state index is 0.0813. The van der Waals surface area contributed by atoms with Crippen LogP contribution in [0.5, 0.6) is 5.75 Å². The van der Waals surface area contributed by atoms with E-state index in [1.807, 2.05) is 30.3 Å². The van der Waals surface area contributed by atoms with Crippen LogP contribution < -0.4 is 10.1 Å². The SMILES string of the molecule is CC(=O)c1cccc(NC(=O)[C@H](C)Oc2ccc3ccccc3c2C=O)c1. The highest BCUT2D eigenvalue weighted by Gasteiger charge is 2.18. The van der Waals surface area contributed by atoms with Gasteiger partial charge in [0, 0.05) is 11.3 Å². The molecule has 0 heterocycles. The summed E-state index contributed by atoms with van der Waals surface area (Å²) >= 11 is 0. The molecule has 0 fully saturated rings. The zero-order valence-corrected chi connectivity index (χ0v) is 15.1. The van der Waals surface area contributed by atoms with E-state index in [0.717, 1.165) is 17.1 Å². The number of carbonyl (C=O) groups excluding carboxylic acids is 3. The van der Waals surface area contributed by atoms with Crippen molar-refractivity contribution in [2.75, 3.05) is 5.32 Å². The Morgan fingerprint density at radius 2 is 1.81 bits per heavy atom. The van der Waals surface area contributed by atoms with Crippen LogP contribution >= 0.6 is 0 Å². The van der Waals surface area contributed by atoms with E-state index in [1.54, 1.807) is 37.3 Å². The zero-order valence-electron chi connectivity index (χ0n) is 15.1. The lowest BCUT2D eigenvalue weighted by atomic mass is 10.0. The molecule has 0 saturated carbocycles. The molecule has 0 aromatic heterocycles. The third-order valence-electron chi connectivity index (χ3n) is 4.26. The lowest BCUT2D eigenvalue weighted by Crippen LogP contribution is -2.30. The summed E-state index contributed by atoms with van der Waals surface area (Å²) in [6, 6.07) is 17.7. The molecule has 0 saturated heterocycles. The van der Waals surface area contributed by atoms with Crippen molar-refractivity contribution in [2.24, 2.45) is 0 Å². The molecular formula is C22H19NO4. The number of aldehydes is 1. The van der Waals surface area contributed by atoms with Crippen LogP contribution in [0.4, 0.5) is 5.69 Å². The summed E-state index contributed by atoms with van der Waals surface area (Å²) in [5, 5.41) is 4.42. The van der Waals surface area contributed by atoms with Crippen LogP contribution in [0.25, 0.3) is 10.8 Å². The predicted octanol–water partition coefficient (Wildman–Crippen LogP) is 4.26. The first-order valence-electron chi connectivity index (χ1n) is 8.55. The average Bonchev–Trinajstić information content (AvgIpc) is 2.67. The predicted molar refractivity (Wildman–Crippen MR) is 105 cm³/mol. The van der Waals surface area contributed by atoms with Crippen LogP contribution in [0.1, 0.15) is 34.6 Å². The molecule has 0 spiro atoms. The Morgan fingerprint density at radius 3 is 2.56 bits per heavy atom. The van der Waals surface area contributed by atoms with Crippen LogP contribution in [0.15, 0.2) is 60.7 Å². The summed E-state index contributed by atoms with van der Waals surface area (Å²) in [7, 11) is 0. The second-order valence-electron chi connectivity index (χ2n) is 6.20. The number of hydrogen-bond acceptors (Lipinski definition) is 4. The molecule has 0 radical (unpaired) electrons. The number of Topliss-reactive ketones (excluding diaryl/α,β-unsaturated/α-hetero) is 1. The molecule has 0 aliphatic rings. The highest BCUT2D eigenvalue weighted by Crippen LogP contribution is 2.27. The lowest BCUT2D eigenvalue weighted by Gasteiger charge is -2.17. The third kappa shape index (κ3) is 4.03. The van der Waals surface area contributed by atoms with Crippen molar-refractivity contribution < 1.29 is 19.1 Å². The molecule has 136 valence electrons. The molecule has 1 atom stereocenters. The molecule has 0 aliphatic heterocycles. The van der Waals surface area contributed by atoms with Crippen LogP contribution in [0, 0.1) is 0 Å². The number of ether oxygens (including phenoxy) is 1. The maximum Gasteiger partial charge on any atom is 0.265 e. The first kappa shape index (κ1) is 18.3. The number of carbonyl (C=O) groups is 3. The first-order chi connectivity index (χ1) is 13.0. The van der Waals surface area contributed by atoms with Gasteiger partial charge in [-0.05, 0) is 42.8 Å². The van der Waals surface area contributed by atoms with Crippen molar-refractivity contribution in [1.82, 2.24) is 0 Å². The van der Waals surface area contributed by atoms with E-state index in [4.69, 9.17) is 4.74 Å². The molecule has 5 nitrogen and oxygen atoms in total. The average molecular weight is 361 g/mol. The van der Waals surface area contributed by atoms with Gasteiger partial charge < -0.3 is 10.1 Å². The second-order valence-corrected chi connectivity index (χ2v) is 6.20. The van der Waals surface area contributed by atoms with Gasteiger partial charge in [0.25, 0.3) is 5.91 Å². The smallest absolute Gasteiger partial charge is 0.265 e. The molecule has 0 bridgehead atoms. The van der Waals surface area contributed by atoms with Crippen LogP contribution in [-0.4, -0.2) is 24.1 Å². The zero-order chi connectivity index (χ0) is 19.4. The molecule has 3 rings (SSSR count). The number of hydrogen-bond donors (Lipinski definition) is 1. The van der Waals surface area contributed by atoms with E-state index in [0.29, 0.717) is 22.6 Å². The van der Waals surface area contributed by atoms with E-state index in [9.17, 15) is 14.4 Å². The topological polar surface area (TPSA) is 72.5 Å². The summed E-state index contributed by atoms with van der Waals surface area (Å²) in [5.74, 6) is -0.105. The maximum atomic E-state index is 12.5.